The zero-order valence-electron chi connectivity index (χ0n) is 11.2. The Bertz CT molecular complexity index is 407. The Morgan fingerprint density at radius 3 is 2.78 bits per heavy atom. The molecular formula is C14H21NO2S. The van der Waals surface area contributed by atoms with Gasteiger partial charge in [-0.05, 0) is 31.5 Å². The molecule has 0 aliphatic carbocycles. The van der Waals surface area contributed by atoms with Gasteiger partial charge in [-0.2, -0.15) is 11.8 Å². The molecule has 3 nitrogen and oxygen atoms in total. The molecule has 1 rings (SSSR count). The van der Waals surface area contributed by atoms with Crippen LogP contribution in [0.15, 0.2) is 18.2 Å². The molecule has 0 aliphatic heterocycles. The van der Waals surface area contributed by atoms with Crippen LogP contribution in [0, 0.1) is 0 Å². The van der Waals surface area contributed by atoms with Gasteiger partial charge in [-0.1, -0.05) is 6.92 Å². The van der Waals surface area contributed by atoms with Crippen molar-refractivity contribution in [1.82, 2.24) is 0 Å². The lowest BCUT2D eigenvalue weighted by molar-refractivity contribution is 0.101. The van der Waals surface area contributed by atoms with Crippen molar-refractivity contribution in [1.29, 1.82) is 0 Å². The lowest BCUT2D eigenvalue weighted by atomic mass is 10.1. The van der Waals surface area contributed by atoms with Gasteiger partial charge in [0.05, 0.1) is 7.11 Å². The third kappa shape index (κ3) is 4.35. The predicted molar refractivity (Wildman–Crippen MR) is 77.4 cm³/mol. The summed E-state index contributed by atoms with van der Waals surface area (Å²) < 4.78 is 5.31. The number of nitrogens with two attached hydrogens (primary N) is 1. The summed E-state index contributed by atoms with van der Waals surface area (Å²) in [6.45, 7) is 3.66. The summed E-state index contributed by atoms with van der Waals surface area (Å²) in [6, 6.07) is 5.79. The molecule has 18 heavy (non-hydrogen) atoms. The molecule has 2 N–H and O–H groups in total. The zero-order valence-corrected chi connectivity index (χ0v) is 12.0. The monoisotopic (exact) mass is 267 g/mol. The second-order valence-electron chi connectivity index (χ2n) is 4.27. The van der Waals surface area contributed by atoms with Crippen molar-refractivity contribution in [3.63, 3.8) is 0 Å². The maximum Gasteiger partial charge on any atom is 0.159 e. The number of rotatable bonds is 7. The number of methoxy groups -OCH3 is 1. The molecule has 0 fully saturated rings. The lowest BCUT2D eigenvalue weighted by Crippen LogP contribution is -2.21. The van der Waals surface area contributed by atoms with E-state index in [4.69, 9.17) is 10.5 Å². The molecule has 1 aromatic rings. The Labute approximate surface area is 113 Å². The molecule has 0 saturated carbocycles. The largest absolute Gasteiger partial charge is 0.496 e. The molecule has 100 valence electrons. The highest BCUT2D eigenvalue weighted by Gasteiger charge is 2.08. The van der Waals surface area contributed by atoms with Crippen molar-refractivity contribution < 1.29 is 9.53 Å². The Balaban J connectivity index is 2.72. The van der Waals surface area contributed by atoms with Gasteiger partial charge in [0.25, 0.3) is 0 Å². The van der Waals surface area contributed by atoms with Gasteiger partial charge in [0.15, 0.2) is 5.78 Å². The summed E-state index contributed by atoms with van der Waals surface area (Å²) in [5, 5.41) is 0. The van der Waals surface area contributed by atoms with Crippen LogP contribution in [0.3, 0.4) is 0 Å². The smallest absolute Gasteiger partial charge is 0.159 e. The van der Waals surface area contributed by atoms with Gasteiger partial charge < -0.3 is 10.5 Å². The number of Topliss-reactive ketones (excluding diaryl/α,β-unsaturated/α-hetero) is 1. The number of carbonyl (C=O) groups excluding carboxylic acids is 1. The molecule has 1 atom stereocenters. The van der Waals surface area contributed by atoms with Gasteiger partial charge >= 0.3 is 0 Å². The number of ether oxygens (including phenoxy) is 1. The van der Waals surface area contributed by atoms with E-state index in [1.165, 1.54) is 0 Å². The van der Waals surface area contributed by atoms with Crippen LogP contribution in [0.1, 0.15) is 36.2 Å². The van der Waals surface area contributed by atoms with E-state index < -0.39 is 0 Å². The van der Waals surface area contributed by atoms with Crippen LogP contribution < -0.4 is 10.5 Å². The van der Waals surface area contributed by atoms with Gasteiger partial charge in [-0.15, -0.1) is 0 Å². The Hall–Kier alpha value is -1.00. The fourth-order valence-electron chi connectivity index (χ4n) is 1.55. The number of benzene rings is 1. The number of hydrogen-bond donors (Lipinski definition) is 1. The fourth-order valence-corrected chi connectivity index (χ4v) is 2.65. The van der Waals surface area contributed by atoms with Crippen LogP contribution in [0.4, 0.5) is 0 Å². The molecule has 0 saturated heterocycles. The zero-order chi connectivity index (χ0) is 13.5. The van der Waals surface area contributed by atoms with E-state index in [-0.39, 0.29) is 11.8 Å². The molecule has 1 aromatic carbocycles. The maximum atomic E-state index is 11.4. The van der Waals surface area contributed by atoms with Crippen LogP contribution in [0.2, 0.25) is 0 Å². The minimum atomic E-state index is 0.0779. The second-order valence-corrected chi connectivity index (χ2v) is 5.30. The van der Waals surface area contributed by atoms with E-state index in [0.29, 0.717) is 0 Å². The normalized spacial score (nSPS) is 12.2. The van der Waals surface area contributed by atoms with Crippen molar-refractivity contribution in [3.8, 4) is 5.75 Å². The first-order chi connectivity index (χ1) is 8.58. The standard InChI is InChI=1S/C14H21NO2S/c1-4-13(15)9-18-8-12-7-11(10(2)16)5-6-14(12)17-3/h5-7,13H,4,8-9,15H2,1-3H3. The predicted octanol–water partition coefficient (Wildman–Crippen LogP) is 2.87. The van der Waals surface area contributed by atoms with Gasteiger partial charge in [-0.25, -0.2) is 0 Å². The van der Waals surface area contributed by atoms with Crippen molar-refractivity contribution >= 4 is 17.5 Å². The molecular weight excluding hydrogens is 246 g/mol. The molecule has 0 aliphatic rings. The number of hydrogen-bond acceptors (Lipinski definition) is 4. The van der Waals surface area contributed by atoms with Gasteiger partial charge in [0.2, 0.25) is 0 Å². The first-order valence-corrected chi connectivity index (χ1v) is 7.25. The summed E-state index contributed by atoms with van der Waals surface area (Å²) in [7, 11) is 1.65. The SMILES string of the molecule is CCC(N)CSCc1cc(C(C)=O)ccc1OC. The highest BCUT2D eigenvalue weighted by atomic mass is 32.2. The molecule has 0 radical (unpaired) electrons. The number of carbonyl (C=O) groups is 1. The summed E-state index contributed by atoms with van der Waals surface area (Å²) >= 11 is 1.77. The van der Waals surface area contributed by atoms with Crippen molar-refractivity contribution in [2.45, 2.75) is 32.1 Å². The van der Waals surface area contributed by atoms with Crippen LogP contribution in [0.25, 0.3) is 0 Å². The van der Waals surface area contributed by atoms with E-state index in [2.05, 4.69) is 6.92 Å². The average Bonchev–Trinajstić information content (AvgIpc) is 2.38. The van der Waals surface area contributed by atoms with E-state index in [1.54, 1.807) is 31.9 Å². The maximum absolute atomic E-state index is 11.4. The summed E-state index contributed by atoms with van der Waals surface area (Å²) in [5.41, 5.74) is 7.66. The molecule has 4 heteroatoms. The molecule has 0 amide bonds. The summed E-state index contributed by atoms with van der Waals surface area (Å²) in [4.78, 5) is 11.4. The first kappa shape index (κ1) is 15.1. The van der Waals surface area contributed by atoms with Crippen LogP contribution in [0.5, 0.6) is 5.75 Å². The van der Waals surface area contributed by atoms with Crippen LogP contribution in [-0.4, -0.2) is 24.7 Å². The number of ketones is 1. The third-order valence-corrected chi connectivity index (χ3v) is 3.98. The van der Waals surface area contributed by atoms with Gasteiger partial charge in [0.1, 0.15) is 5.75 Å². The topological polar surface area (TPSA) is 52.3 Å². The Kier molecular flexibility index (Phi) is 6.22. The Morgan fingerprint density at radius 1 is 1.50 bits per heavy atom. The molecule has 1 unspecified atom stereocenters. The summed E-state index contributed by atoms with van der Waals surface area (Å²) in [6.07, 6.45) is 0.984. The first-order valence-electron chi connectivity index (χ1n) is 6.09. The van der Waals surface area contributed by atoms with E-state index in [1.807, 2.05) is 12.1 Å². The highest BCUT2D eigenvalue weighted by molar-refractivity contribution is 7.98. The van der Waals surface area contributed by atoms with E-state index >= 15 is 0 Å². The minimum Gasteiger partial charge on any atom is -0.496 e. The molecule has 0 heterocycles. The summed E-state index contributed by atoms with van der Waals surface area (Å²) in [5.74, 6) is 2.65. The van der Waals surface area contributed by atoms with Crippen molar-refractivity contribution in [3.05, 3.63) is 29.3 Å². The quantitative estimate of drug-likeness (QED) is 0.772. The Morgan fingerprint density at radius 2 is 2.22 bits per heavy atom. The van der Waals surface area contributed by atoms with Crippen molar-refractivity contribution in [2.75, 3.05) is 12.9 Å². The van der Waals surface area contributed by atoms with Gasteiger partial charge in [-0.3, -0.25) is 4.79 Å². The minimum absolute atomic E-state index is 0.0779. The fraction of sp³-hybridized carbons (Fsp3) is 0.500. The molecule has 0 bridgehead atoms. The van der Waals surface area contributed by atoms with Gasteiger partial charge in [0, 0.05) is 28.7 Å². The highest BCUT2D eigenvalue weighted by Crippen LogP contribution is 2.25. The van der Waals surface area contributed by atoms with E-state index in [9.17, 15) is 4.79 Å². The van der Waals surface area contributed by atoms with Crippen LogP contribution in [-0.2, 0) is 5.75 Å². The third-order valence-electron chi connectivity index (χ3n) is 2.80. The number of thioether (sulfide) groups is 1. The van der Waals surface area contributed by atoms with Crippen LogP contribution >= 0.6 is 11.8 Å². The van der Waals surface area contributed by atoms with Crippen molar-refractivity contribution in [2.24, 2.45) is 5.73 Å². The second kappa shape index (κ2) is 7.44. The molecule has 0 aromatic heterocycles. The lowest BCUT2D eigenvalue weighted by Gasteiger charge is -2.11. The van der Waals surface area contributed by atoms with E-state index in [0.717, 1.165) is 34.8 Å². The molecule has 0 spiro atoms. The average molecular weight is 267 g/mol.